The van der Waals surface area contributed by atoms with Crippen LogP contribution in [0.1, 0.15) is 71.9 Å². The first kappa shape index (κ1) is 30.6. The second-order valence-corrected chi connectivity index (χ2v) is 10.6. The van der Waals surface area contributed by atoms with Crippen LogP contribution in [0, 0.1) is 5.92 Å². The summed E-state index contributed by atoms with van der Waals surface area (Å²) in [6.45, 7) is 11.8. The molecule has 2 rings (SSSR count). The Morgan fingerprint density at radius 3 is 2.39 bits per heavy atom. The van der Waals surface area contributed by atoms with Gasteiger partial charge >= 0.3 is 12.2 Å². The Kier molecular flexibility index (Phi) is 11.1. The Balaban J connectivity index is 2.01. The zero-order valence-electron chi connectivity index (χ0n) is 23.2. The first-order chi connectivity index (χ1) is 17.8. The van der Waals surface area contributed by atoms with Crippen molar-refractivity contribution in [1.29, 1.82) is 0 Å². The zero-order valence-corrected chi connectivity index (χ0v) is 23.2. The van der Waals surface area contributed by atoms with Gasteiger partial charge in [0.05, 0.1) is 6.61 Å². The molecule has 1 fully saturated rings. The lowest BCUT2D eigenvalue weighted by Gasteiger charge is -2.30. The van der Waals surface area contributed by atoms with Gasteiger partial charge in [0.25, 0.3) is 0 Å². The number of nitrogens with one attached hydrogen (secondary N) is 2. The van der Waals surface area contributed by atoms with E-state index in [0.717, 1.165) is 5.56 Å². The van der Waals surface area contributed by atoms with E-state index in [-0.39, 0.29) is 36.7 Å². The summed E-state index contributed by atoms with van der Waals surface area (Å²) in [5, 5.41) is 5.59. The number of hydrogen-bond acceptors (Lipinski definition) is 6. The van der Waals surface area contributed by atoms with Crippen LogP contribution in [-0.4, -0.2) is 65.6 Å². The number of amidine groups is 1. The van der Waals surface area contributed by atoms with Gasteiger partial charge in [-0.2, -0.15) is 4.99 Å². The third-order valence-corrected chi connectivity index (χ3v) is 5.73. The third-order valence-electron chi connectivity index (χ3n) is 5.73. The first-order valence-electron chi connectivity index (χ1n) is 13.0. The number of carbonyl (C=O) groups is 4. The summed E-state index contributed by atoms with van der Waals surface area (Å²) in [7, 11) is 0. The van der Waals surface area contributed by atoms with E-state index < -0.39 is 29.9 Å². The Labute approximate surface area is 224 Å². The number of benzene rings is 1. The molecular weight excluding hydrogens is 490 g/mol. The van der Waals surface area contributed by atoms with Gasteiger partial charge in [-0.1, -0.05) is 38.1 Å². The predicted molar refractivity (Wildman–Crippen MR) is 143 cm³/mol. The molecule has 2 atom stereocenters. The molecule has 11 heteroatoms. The molecule has 4 amide bonds. The minimum atomic E-state index is -0.785. The summed E-state index contributed by atoms with van der Waals surface area (Å²) in [5.74, 6) is -0.366. The van der Waals surface area contributed by atoms with Gasteiger partial charge in [0.2, 0.25) is 11.8 Å². The molecule has 0 radical (unpaired) electrons. The van der Waals surface area contributed by atoms with Crippen molar-refractivity contribution in [3.63, 3.8) is 0 Å². The molecule has 1 aromatic rings. The largest absolute Gasteiger partial charge is 0.448 e. The Bertz CT molecular complexity index is 1020. The zero-order chi connectivity index (χ0) is 28.5. The topological polar surface area (TPSA) is 152 Å². The normalized spacial score (nSPS) is 16.7. The maximum absolute atomic E-state index is 13.4. The second-order valence-electron chi connectivity index (χ2n) is 10.6. The summed E-state index contributed by atoms with van der Waals surface area (Å²) in [6.07, 6.45) is 0.246. The predicted octanol–water partition coefficient (Wildman–Crippen LogP) is 3.10. The van der Waals surface area contributed by atoms with Crippen LogP contribution in [0.4, 0.5) is 9.59 Å². The van der Waals surface area contributed by atoms with E-state index >= 15 is 0 Å². The van der Waals surface area contributed by atoms with Crippen molar-refractivity contribution in [1.82, 2.24) is 15.5 Å². The van der Waals surface area contributed by atoms with Crippen LogP contribution < -0.4 is 16.4 Å². The average molecular weight is 532 g/mol. The molecule has 1 aliphatic rings. The molecule has 1 heterocycles. The van der Waals surface area contributed by atoms with Crippen molar-refractivity contribution in [2.45, 2.75) is 85.0 Å². The number of nitrogens with two attached hydrogens (primary N) is 1. The highest BCUT2D eigenvalue weighted by Crippen LogP contribution is 2.21. The highest BCUT2D eigenvalue weighted by molar-refractivity contribution is 6.02. The molecule has 0 unspecified atom stereocenters. The molecule has 4 N–H and O–H groups in total. The standard InChI is InChI=1S/C27H41N5O6/c1-7-37-25(35)31-22(28)19-12-10-18(11-13-19)16-29-23(33)21-9-8-14-32(21)24(34)20(15-17(2)3)30-26(36)38-27(4,5)6/h10-13,17,20-21H,7-9,14-16H2,1-6H3,(H,29,33)(H,30,36)(H2,28,31,35)/t20-,21+/m1/s1. The monoisotopic (exact) mass is 531 g/mol. The Morgan fingerprint density at radius 2 is 1.82 bits per heavy atom. The van der Waals surface area contributed by atoms with Crippen LogP contribution in [0.25, 0.3) is 0 Å². The SMILES string of the molecule is CCOC(=O)N=C(N)c1ccc(CNC(=O)[C@@H]2CCCN2C(=O)[C@@H](CC(C)C)NC(=O)OC(C)(C)C)cc1. The van der Waals surface area contributed by atoms with E-state index in [1.165, 1.54) is 0 Å². The number of carbonyl (C=O) groups excluding carboxylic acids is 4. The van der Waals surface area contributed by atoms with Crippen molar-refractivity contribution < 1.29 is 28.7 Å². The van der Waals surface area contributed by atoms with Crippen molar-refractivity contribution in [3.8, 4) is 0 Å². The van der Waals surface area contributed by atoms with Crippen LogP contribution in [0.5, 0.6) is 0 Å². The fourth-order valence-electron chi connectivity index (χ4n) is 4.06. The van der Waals surface area contributed by atoms with Gasteiger partial charge in [-0.05, 0) is 58.4 Å². The molecule has 1 saturated heterocycles. The summed E-state index contributed by atoms with van der Waals surface area (Å²) >= 11 is 0. The van der Waals surface area contributed by atoms with Gasteiger partial charge in [-0.3, -0.25) is 9.59 Å². The number of ether oxygens (including phenoxy) is 2. The molecule has 0 spiro atoms. The second kappa shape index (κ2) is 13.8. The molecule has 210 valence electrons. The highest BCUT2D eigenvalue weighted by Gasteiger charge is 2.38. The van der Waals surface area contributed by atoms with E-state index in [1.54, 1.807) is 56.9 Å². The lowest BCUT2D eigenvalue weighted by atomic mass is 10.0. The molecule has 11 nitrogen and oxygen atoms in total. The summed E-state index contributed by atoms with van der Waals surface area (Å²) in [6, 6.07) is 5.53. The van der Waals surface area contributed by atoms with E-state index in [0.29, 0.717) is 31.4 Å². The number of aliphatic imine (C=N–C) groups is 1. The molecule has 1 aromatic carbocycles. The molecule has 1 aliphatic heterocycles. The minimum absolute atomic E-state index is 0.0371. The maximum atomic E-state index is 13.4. The fourth-order valence-corrected chi connectivity index (χ4v) is 4.06. The fraction of sp³-hybridized carbons (Fsp3) is 0.593. The van der Waals surface area contributed by atoms with E-state index in [2.05, 4.69) is 15.6 Å². The summed E-state index contributed by atoms with van der Waals surface area (Å²) < 4.78 is 10.1. The van der Waals surface area contributed by atoms with Crippen LogP contribution >= 0.6 is 0 Å². The molecule has 0 saturated carbocycles. The first-order valence-corrected chi connectivity index (χ1v) is 13.0. The number of hydrogen-bond donors (Lipinski definition) is 3. The van der Waals surface area contributed by atoms with Gasteiger partial charge in [-0.25, -0.2) is 9.59 Å². The van der Waals surface area contributed by atoms with Crippen molar-refractivity contribution in [2.75, 3.05) is 13.2 Å². The van der Waals surface area contributed by atoms with Crippen LogP contribution in [0.15, 0.2) is 29.3 Å². The van der Waals surface area contributed by atoms with Gasteiger partial charge in [-0.15, -0.1) is 0 Å². The highest BCUT2D eigenvalue weighted by atomic mass is 16.6. The van der Waals surface area contributed by atoms with Crippen molar-refractivity contribution >= 4 is 29.8 Å². The van der Waals surface area contributed by atoms with Gasteiger partial charge in [0, 0.05) is 18.7 Å². The summed E-state index contributed by atoms with van der Waals surface area (Å²) in [4.78, 5) is 55.5. The molecule has 38 heavy (non-hydrogen) atoms. The van der Waals surface area contributed by atoms with Gasteiger partial charge < -0.3 is 30.7 Å². The number of likely N-dealkylation sites (tertiary alicyclic amines) is 1. The lowest BCUT2D eigenvalue weighted by Crippen LogP contribution is -2.54. The average Bonchev–Trinajstić information content (AvgIpc) is 3.30. The van der Waals surface area contributed by atoms with E-state index in [4.69, 9.17) is 15.2 Å². The lowest BCUT2D eigenvalue weighted by molar-refractivity contribution is -0.140. The third kappa shape index (κ3) is 9.68. The molecule has 0 bridgehead atoms. The van der Waals surface area contributed by atoms with Gasteiger partial charge in [0.15, 0.2) is 0 Å². The van der Waals surface area contributed by atoms with Crippen molar-refractivity contribution in [2.24, 2.45) is 16.6 Å². The number of alkyl carbamates (subject to hydrolysis) is 1. The van der Waals surface area contributed by atoms with Gasteiger partial charge in [0.1, 0.15) is 23.5 Å². The number of nitrogens with zero attached hydrogens (tertiary/aromatic N) is 2. The maximum Gasteiger partial charge on any atom is 0.435 e. The molecule has 0 aromatic heterocycles. The van der Waals surface area contributed by atoms with Crippen LogP contribution in [0.2, 0.25) is 0 Å². The smallest absolute Gasteiger partial charge is 0.435 e. The quantitative estimate of drug-likeness (QED) is 0.327. The molecule has 0 aliphatic carbocycles. The molecular formula is C27H41N5O6. The minimum Gasteiger partial charge on any atom is -0.448 e. The Hall–Kier alpha value is -3.63. The van der Waals surface area contributed by atoms with Crippen LogP contribution in [0.3, 0.4) is 0 Å². The Morgan fingerprint density at radius 1 is 1.16 bits per heavy atom. The van der Waals surface area contributed by atoms with E-state index in [1.807, 2.05) is 13.8 Å². The van der Waals surface area contributed by atoms with E-state index in [9.17, 15) is 19.2 Å². The number of rotatable bonds is 9. The summed E-state index contributed by atoms with van der Waals surface area (Å²) in [5.41, 5.74) is 6.52. The van der Waals surface area contributed by atoms with Crippen LogP contribution in [-0.2, 0) is 25.6 Å². The number of amides is 4. The van der Waals surface area contributed by atoms with Crippen molar-refractivity contribution in [3.05, 3.63) is 35.4 Å².